The van der Waals surface area contributed by atoms with Gasteiger partial charge in [-0.1, -0.05) is 26.2 Å². The van der Waals surface area contributed by atoms with E-state index in [0.29, 0.717) is 0 Å². The van der Waals surface area contributed by atoms with Crippen LogP contribution in [0.3, 0.4) is 0 Å². The van der Waals surface area contributed by atoms with Gasteiger partial charge in [-0.25, -0.2) is 0 Å². The maximum Gasteiger partial charge on any atom is 1.00 e. The third-order valence-electron chi connectivity index (χ3n) is 0.500. The molecule has 0 amide bonds. The molecular weight excluding hydrogens is 136 g/mol. The summed E-state index contributed by atoms with van der Waals surface area (Å²) in [5.41, 5.74) is 0.194. The Balaban J connectivity index is 0. The summed E-state index contributed by atoms with van der Waals surface area (Å²) in [7, 11) is 0. The number of allylic oxidation sites excluding steroid dienone is 1. The minimum absolute atomic E-state index is 0. The maximum atomic E-state index is 5.18. The van der Waals surface area contributed by atoms with Crippen LogP contribution in [0.4, 0.5) is 0 Å². The molecule has 0 heterocycles. The van der Waals surface area contributed by atoms with Crippen LogP contribution in [0.1, 0.15) is 20.8 Å². The first kappa shape index (κ1) is 10.3. The minimum Gasteiger partial charge on any atom is -0.517 e. The van der Waals surface area contributed by atoms with Gasteiger partial charge in [0, 0.05) is 0 Å². The number of rotatable bonds is 0. The predicted molar refractivity (Wildman–Crippen MR) is 28.3 cm³/mol. The van der Waals surface area contributed by atoms with Crippen molar-refractivity contribution >= 4 is 0 Å². The average molecular weight is 147 g/mol. The SMILES string of the molecule is [CH-]=CC(C)(C)C.[Cu+]. The van der Waals surface area contributed by atoms with Crippen molar-refractivity contribution in [2.24, 2.45) is 5.41 Å². The Hall–Kier alpha value is 0.259. The molecule has 0 aliphatic rings. The van der Waals surface area contributed by atoms with Crippen LogP contribution in [-0.2, 0) is 17.1 Å². The Kier molecular flexibility index (Phi) is 4.83. The average Bonchev–Trinajstić information content (AvgIpc) is 1.35. The zero-order valence-corrected chi connectivity index (χ0v) is 5.90. The van der Waals surface area contributed by atoms with Crippen molar-refractivity contribution in [1.82, 2.24) is 0 Å². The molecule has 0 aromatic rings. The van der Waals surface area contributed by atoms with Crippen LogP contribution in [0.25, 0.3) is 0 Å². The first-order chi connectivity index (χ1) is 2.56. The van der Waals surface area contributed by atoms with Gasteiger partial charge in [0.05, 0.1) is 0 Å². The van der Waals surface area contributed by atoms with Gasteiger partial charge in [-0.05, 0) is 0 Å². The van der Waals surface area contributed by atoms with Gasteiger partial charge in [0.15, 0.2) is 0 Å². The van der Waals surface area contributed by atoms with Gasteiger partial charge >= 0.3 is 17.1 Å². The quantitative estimate of drug-likeness (QED) is 0.363. The van der Waals surface area contributed by atoms with E-state index in [1.807, 2.05) is 0 Å². The molecule has 0 saturated carbocycles. The fraction of sp³-hybridized carbons (Fsp3) is 0.667. The molecule has 0 nitrogen and oxygen atoms in total. The van der Waals surface area contributed by atoms with Gasteiger partial charge in [-0.15, -0.1) is 0 Å². The molecule has 0 radical (unpaired) electrons. The molecule has 0 fully saturated rings. The standard InChI is InChI=1S/C6H11.Cu/c1-5-6(2,3)4;/h1,5H,2-4H3;/q-1;+1. The summed E-state index contributed by atoms with van der Waals surface area (Å²) in [6.45, 7) is 11.4. The number of hydrogen-bond donors (Lipinski definition) is 0. The van der Waals surface area contributed by atoms with Crippen molar-refractivity contribution < 1.29 is 17.1 Å². The van der Waals surface area contributed by atoms with Gasteiger partial charge in [-0.2, -0.15) is 0 Å². The van der Waals surface area contributed by atoms with Crippen molar-refractivity contribution in [3.63, 3.8) is 0 Å². The summed E-state index contributed by atoms with van der Waals surface area (Å²) in [5, 5.41) is 0. The van der Waals surface area contributed by atoms with E-state index in [1.165, 1.54) is 0 Å². The summed E-state index contributed by atoms with van der Waals surface area (Å²) < 4.78 is 0. The molecule has 0 aliphatic heterocycles. The fourth-order valence-electron chi connectivity index (χ4n) is 0. The van der Waals surface area contributed by atoms with E-state index in [-0.39, 0.29) is 22.5 Å². The van der Waals surface area contributed by atoms with Crippen molar-refractivity contribution in [2.45, 2.75) is 20.8 Å². The maximum absolute atomic E-state index is 5.18. The summed E-state index contributed by atoms with van der Waals surface area (Å²) in [4.78, 5) is 0. The Labute approximate surface area is 56.5 Å². The first-order valence-corrected chi connectivity index (χ1v) is 2.12. The Morgan fingerprint density at radius 1 is 1.29 bits per heavy atom. The van der Waals surface area contributed by atoms with Gasteiger partial charge < -0.3 is 6.58 Å². The van der Waals surface area contributed by atoms with Crippen LogP contribution >= 0.6 is 0 Å². The van der Waals surface area contributed by atoms with Crippen molar-refractivity contribution in [1.29, 1.82) is 0 Å². The molecular formula is C6H11Cu. The van der Waals surface area contributed by atoms with Crippen LogP contribution < -0.4 is 0 Å². The normalized spacial score (nSPS) is 9.57. The van der Waals surface area contributed by atoms with Crippen LogP contribution in [0.15, 0.2) is 6.08 Å². The zero-order valence-electron chi connectivity index (χ0n) is 4.96. The Morgan fingerprint density at radius 3 is 1.43 bits per heavy atom. The largest absolute Gasteiger partial charge is 1.00 e. The fourth-order valence-corrected chi connectivity index (χ4v) is 0. The van der Waals surface area contributed by atoms with Gasteiger partial charge in [0.1, 0.15) is 0 Å². The van der Waals surface area contributed by atoms with E-state index < -0.39 is 0 Å². The number of hydrogen-bond acceptors (Lipinski definition) is 0. The van der Waals surface area contributed by atoms with Crippen LogP contribution in [0, 0.1) is 12.0 Å². The van der Waals surface area contributed by atoms with Gasteiger partial charge in [0.25, 0.3) is 0 Å². The third kappa shape index (κ3) is 10.7. The molecule has 1 heteroatoms. The van der Waals surface area contributed by atoms with E-state index >= 15 is 0 Å². The van der Waals surface area contributed by atoms with Crippen molar-refractivity contribution in [3.8, 4) is 0 Å². The van der Waals surface area contributed by atoms with Crippen molar-refractivity contribution in [2.75, 3.05) is 0 Å². The third-order valence-corrected chi connectivity index (χ3v) is 0.500. The van der Waals surface area contributed by atoms with E-state index in [2.05, 4.69) is 20.8 Å². The van der Waals surface area contributed by atoms with E-state index in [1.54, 1.807) is 6.08 Å². The van der Waals surface area contributed by atoms with Crippen LogP contribution in [0.5, 0.6) is 0 Å². The molecule has 46 valence electrons. The second kappa shape index (κ2) is 3.29. The van der Waals surface area contributed by atoms with E-state index in [4.69, 9.17) is 6.58 Å². The molecule has 0 saturated heterocycles. The molecule has 0 aliphatic carbocycles. The van der Waals surface area contributed by atoms with Gasteiger partial charge in [0.2, 0.25) is 0 Å². The Morgan fingerprint density at radius 2 is 1.43 bits per heavy atom. The van der Waals surface area contributed by atoms with Gasteiger partial charge in [-0.3, -0.25) is 6.08 Å². The molecule has 0 bridgehead atoms. The minimum atomic E-state index is 0. The Bertz CT molecular complexity index is 49.7. The molecule has 0 aromatic carbocycles. The molecule has 0 N–H and O–H groups in total. The summed E-state index contributed by atoms with van der Waals surface area (Å²) >= 11 is 0. The van der Waals surface area contributed by atoms with Crippen molar-refractivity contribution in [3.05, 3.63) is 12.7 Å². The van der Waals surface area contributed by atoms with E-state index in [9.17, 15) is 0 Å². The van der Waals surface area contributed by atoms with E-state index in [0.717, 1.165) is 0 Å². The van der Waals surface area contributed by atoms with Crippen LogP contribution in [-0.4, -0.2) is 0 Å². The summed E-state index contributed by atoms with van der Waals surface area (Å²) in [5.74, 6) is 0. The predicted octanol–water partition coefficient (Wildman–Crippen LogP) is 2.02. The smallest absolute Gasteiger partial charge is 0.517 e. The second-order valence-corrected chi connectivity index (χ2v) is 2.53. The molecule has 0 spiro atoms. The summed E-state index contributed by atoms with van der Waals surface area (Å²) in [6.07, 6.45) is 1.69. The molecule has 0 rings (SSSR count). The van der Waals surface area contributed by atoms with Crippen LogP contribution in [0.2, 0.25) is 0 Å². The molecule has 0 unspecified atom stereocenters. The zero-order chi connectivity index (χ0) is 5.21. The first-order valence-electron chi connectivity index (χ1n) is 2.12. The topological polar surface area (TPSA) is 0 Å². The second-order valence-electron chi connectivity index (χ2n) is 2.53. The monoisotopic (exact) mass is 146 g/mol. The molecule has 0 aromatic heterocycles. The molecule has 0 atom stereocenters. The molecule has 7 heavy (non-hydrogen) atoms. The summed E-state index contributed by atoms with van der Waals surface area (Å²) in [6, 6.07) is 0.